The first-order chi connectivity index (χ1) is 17.3. The summed E-state index contributed by atoms with van der Waals surface area (Å²) in [5, 5.41) is 3.51. The van der Waals surface area contributed by atoms with Gasteiger partial charge in [-0.25, -0.2) is 4.39 Å². The molecule has 0 unspecified atom stereocenters. The third-order valence-electron chi connectivity index (χ3n) is 5.79. The predicted molar refractivity (Wildman–Crippen MR) is 138 cm³/mol. The Bertz CT molecular complexity index is 1410. The van der Waals surface area contributed by atoms with Gasteiger partial charge in [0.15, 0.2) is 0 Å². The molecule has 0 radical (unpaired) electrons. The molecule has 4 rings (SSSR count). The van der Waals surface area contributed by atoms with Crippen LogP contribution in [0.2, 0.25) is 0 Å². The van der Waals surface area contributed by atoms with E-state index in [1.165, 1.54) is 12.1 Å². The van der Waals surface area contributed by atoms with E-state index in [1.807, 2.05) is 39.0 Å². The summed E-state index contributed by atoms with van der Waals surface area (Å²) in [6.07, 6.45) is 0.464. The first-order valence-corrected chi connectivity index (χ1v) is 11.9. The molecule has 0 spiro atoms. The molecular formula is C29H29FN2O4. The van der Waals surface area contributed by atoms with Crippen LogP contribution >= 0.6 is 0 Å². The zero-order valence-electron chi connectivity index (χ0n) is 20.6. The van der Waals surface area contributed by atoms with E-state index in [1.54, 1.807) is 30.3 Å². The number of ether oxygens (including phenoxy) is 1. The zero-order chi connectivity index (χ0) is 25.8. The van der Waals surface area contributed by atoms with Crippen molar-refractivity contribution in [3.8, 4) is 17.1 Å². The Balaban J connectivity index is 1.72. The van der Waals surface area contributed by atoms with Crippen molar-refractivity contribution in [3.05, 3.63) is 88.7 Å². The molecule has 0 saturated heterocycles. The molecule has 0 atom stereocenters. The highest BCUT2D eigenvalue weighted by atomic mass is 19.1. The molecule has 6 nitrogen and oxygen atoms in total. The molecule has 3 aromatic carbocycles. The Morgan fingerprint density at radius 1 is 1.06 bits per heavy atom. The van der Waals surface area contributed by atoms with Gasteiger partial charge in [-0.2, -0.15) is 0 Å². The molecule has 0 aliphatic rings. The van der Waals surface area contributed by atoms with Crippen LogP contribution in [0.4, 0.5) is 4.39 Å². The molecule has 186 valence electrons. The summed E-state index contributed by atoms with van der Waals surface area (Å²) >= 11 is 0. The van der Waals surface area contributed by atoms with Crippen molar-refractivity contribution in [3.63, 3.8) is 0 Å². The third kappa shape index (κ3) is 5.40. The molecule has 0 saturated carbocycles. The minimum Gasteiger partial charge on any atom is -0.494 e. The van der Waals surface area contributed by atoms with Crippen LogP contribution in [-0.4, -0.2) is 25.0 Å². The number of halogens is 1. The Morgan fingerprint density at radius 3 is 2.47 bits per heavy atom. The summed E-state index contributed by atoms with van der Waals surface area (Å²) < 4.78 is 25.2. The number of benzene rings is 3. The van der Waals surface area contributed by atoms with Gasteiger partial charge in [0.2, 0.25) is 0 Å². The number of carbonyl (C=O) groups excluding carboxylic acids is 2. The standard InChI is InChI=1S/C29H29FN2O4/c1-4-35-24-12-8-20(29(34)32-16-17(2)3)15-21(24)13-18-5-11-25-23(14-18)26(28(31)33)27(36-25)19-6-9-22(30)10-7-19/h5-12,14-15,17H,4,13,16H2,1-3H3,(H2,31,33)(H,32,34). The van der Waals surface area contributed by atoms with Crippen LogP contribution in [0.3, 0.4) is 0 Å². The molecule has 7 heteroatoms. The monoisotopic (exact) mass is 488 g/mol. The molecule has 1 heterocycles. The van der Waals surface area contributed by atoms with E-state index in [-0.39, 0.29) is 17.3 Å². The van der Waals surface area contributed by atoms with Crippen LogP contribution in [0.5, 0.6) is 5.75 Å². The van der Waals surface area contributed by atoms with Gasteiger partial charge in [-0.3, -0.25) is 9.59 Å². The fourth-order valence-corrected chi connectivity index (χ4v) is 4.08. The number of hydrogen-bond donors (Lipinski definition) is 2. The average molecular weight is 489 g/mol. The summed E-state index contributed by atoms with van der Waals surface area (Å²) in [6, 6.07) is 16.6. The van der Waals surface area contributed by atoms with Crippen LogP contribution in [0.25, 0.3) is 22.3 Å². The lowest BCUT2D eigenvalue weighted by Gasteiger charge is -2.13. The van der Waals surface area contributed by atoms with Gasteiger partial charge in [0.05, 0.1) is 12.2 Å². The molecule has 0 bridgehead atoms. The zero-order valence-corrected chi connectivity index (χ0v) is 20.6. The number of amides is 2. The quantitative estimate of drug-likeness (QED) is 0.315. The molecule has 0 aliphatic carbocycles. The molecular weight excluding hydrogens is 459 g/mol. The summed E-state index contributed by atoms with van der Waals surface area (Å²) in [5.74, 6) is 0.170. The highest BCUT2D eigenvalue weighted by Crippen LogP contribution is 2.35. The van der Waals surface area contributed by atoms with Crippen molar-refractivity contribution in [2.45, 2.75) is 27.2 Å². The summed E-state index contributed by atoms with van der Waals surface area (Å²) in [5.41, 5.74) is 9.30. The van der Waals surface area contributed by atoms with Crippen LogP contribution in [0.1, 0.15) is 52.6 Å². The summed E-state index contributed by atoms with van der Waals surface area (Å²) in [6.45, 7) is 7.06. The molecule has 3 N–H and O–H groups in total. The van der Waals surface area contributed by atoms with Gasteiger partial charge < -0.3 is 20.2 Å². The molecule has 0 aliphatic heterocycles. The molecule has 0 fully saturated rings. The van der Waals surface area contributed by atoms with Gasteiger partial charge in [-0.05, 0) is 78.6 Å². The largest absolute Gasteiger partial charge is 0.494 e. The third-order valence-corrected chi connectivity index (χ3v) is 5.79. The molecule has 4 aromatic rings. The second-order valence-electron chi connectivity index (χ2n) is 9.04. The number of primary amides is 1. The van der Waals surface area contributed by atoms with Crippen molar-refractivity contribution in [1.82, 2.24) is 5.32 Å². The van der Waals surface area contributed by atoms with Crippen LogP contribution in [0, 0.1) is 11.7 Å². The van der Waals surface area contributed by atoms with Gasteiger partial charge in [0.1, 0.15) is 22.9 Å². The second kappa shape index (κ2) is 10.6. The normalized spacial score (nSPS) is 11.1. The van der Waals surface area contributed by atoms with E-state index in [2.05, 4.69) is 5.32 Å². The summed E-state index contributed by atoms with van der Waals surface area (Å²) in [7, 11) is 0. The van der Waals surface area contributed by atoms with Crippen LogP contribution < -0.4 is 15.8 Å². The van der Waals surface area contributed by atoms with E-state index in [0.717, 1.165) is 11.1 Å². The maximum atomic E-state index is 13.4. The lowest BCUT2D eigenvalue weighted by molar-refractivity contribution is 0.0947. The van der Waals surface area contributed by atoms with Gasteiger partial charge >= 0.3 is 0 Å². The number of nitrogens with two attached hydrogens (primary N) is 1. The fraction of sp³-hybridized carbons (Fsp3) is 0.241. The number of fused-ring (bicyclic) bond motifs is 1. The number of hydrogen-bond acceptors (Lipinski definition) is 4. The van der Waals surface area contributed by atoms with Crippen molar-refractivity contribution < 1.29 is 23.1 Å². The van der Waals surface area contributed by atoms with E-state index >= 15 is 0 Å². The molecule has 36 heavy (non-hydrogen) atoms. The van der Waals surface area contributed by atoms with Gasteiger partial charge in [-0.15, -0.1) is 0 Å². The Hall–Kier alpha value is -4.13. The maximum Gasteiger partial charge on any atom is 0.253 e. The van der Waals surface area contributed by atoms with E-state index in [0.29, 0.717) is 59.1 Å². The number of rotatable bonds is 9. The van der Waals surface area contributed by atoms with Gasteiger partial charge in [0.25, 0.3) is 11.8 Å². The van der Waals surface area contributed by atoms with Gasteiger partial charge in [-0.1, -0.05) is 19.9 Å². The number of furan rings is 1. The Kier molecular flexibility index (Phi) is 7.38. The highest BCUT2D eigenvalue weighted by Gasteiger charge is 2.21. The predicted octanol–water partition coefficient (Wildman–Crippen LogP) is 5.71. The van der Waals surface area contributed by atoms with Crippen molar-refractivity contribution in [1.29, 1.82) is 0 Å². The van der Waals surface area contributed by atoms with Gasteiger partial charge in [0, 0.05) is 29.5 Å². The summed E-state index contributed by atoms with van der Waals surface area (Å²) in [4.78, 5) is 25.0. The van der Waals surface area contributed by atoms with Crippen molar-refractivity contribution in [2.75, 3.05) is 13.2 Å². The molecule has 1 aromatic heterocycles. The van der Waals surface area contributed by atoms with Crippen molar-refractivity contribution >= 4 is 22.8 Å². The van der Waals surface area contributed by atoms with Crippen molar-refractivity contribution in [2.24, 2.45) is 11.7 Å². The average Bonchev–Trinajstić information content (AvgIpc) is 3.23. The highest BCUT2D eigenvalue weighted by molar-refractivity contribution is 6.10. The first kappa shape index (κ1) is 25.0. The lowest BCUT2D eigenvalue weighted by Crippen LogP contribution is -2.27. The van der Waals surface area contributed by atoms with Crippen LogP contribution in [0.15, 0.2) is 65.1 Å². The molecule has 2 amide bonds. The smallest absolute Gasteiger partial charge is 0.253 e. The number of carbonyl (C=O) groups is 2. The number of nitrogens with one attached hydrogen (secondary N) is 1. The van der Waals surface area contributed by atoms with E-state index in [4.69, 9.17) is 14.9 Å². The van der Waals surface area contributed by atoms with Crippen LogP contribution in [-0.2, 0) is 6.42 Å². The fourth-order valence-electron chi connectivity index (χ4n) is 4.08. The SMILES string of the molecule is CCOc1ccc(C(=O)NCC(C)C)cc1Cc1ccc2oc(-c3ccc(F)cc3)c(C(N)=O)c2c1. The topological polar surface area (TPSA) is 94.6 Å². The first-order valence-electron chi connectivity index (χ1n) is 11.9. The minimum atomic E-state index is -0.635. The van der Waals surface area contributed by atoms with E-state index < -0.39 is 5.91 Å². The second-order valence-corrected chi connectivity index (χ2v) is 9.04. The maximum absolute atomic E-state index is 13.4. The Morgan fingerprint density at radius 2 is 1.81 bits per heavy atom. The lowest BCUT2D eigenvalue weighted by atomic mass is 9.98. The van der Waals surface area contributed by atoms with E-state index in [9.17, 15) is 14.0 Å². The minimum absolute atomic E-state index is 0.141. The Labute approximate surface area is 209 Å².